The van der Waals surface area contributed by atoms with Crippen molar-refractivity contribution < 1.29 is 19.1 Å². The van der Waals surface area contributed by atoms with Crippen LogP contribution in [0.5, 0.6) is 5.75 Å². The molecule has 11 heteroatoms. The Labute approximate surface area is 284 Å². The van der Waals surface area contributed by atoms with Crippen molar-refractivity contribution in [3.05, 3.63) is 108 Å². The van der Waals surface area contributed by atoms with Gasteiger partial charge < -0.3 is 26.0 Å². The number of azo groups is 1. The molecule has 0 saturated heterocycles. The van der Waals surface area contributed by atoms with Gasteiger partial charge in [0.1, 0.15) is 12.4 Å². The van der Waals surface area contributed by atoms with Crippen LogP contribution in [-0.4, -0.2) is 44.3 Å². The second kappa shape index (κ2) is 17.7. The van der Waals surface area contributed by atoms with E-state index in [-0.39, 0.29) is 24.2 Å². The smallest absolute Gasteiger partial charge is 0.251 e. The third kappa shape index (κ3) is 10.7. The molecule has 0 saturated carbocycles. The normalized spacial score (nSPS) is 11.6. The Bertz CT molecular complexity index is 1730. The fourth-order valence-electron chi connectivity index (χ4n) is 4.82. The molecule has 10 nitrogen and oxygen atoms in total. The molecule has 0 aliphatic carbocycles. The molecule has 0 radical (unpaired) electrons. The number of anilines is 2. The molecule has 2 amide bonds. The number of carbonyl (C=O) groups excluding carboxylic acids is 3. The Morgan fingerprint density at radius 2 is 1.54 bits per heavy atom. The van der Waals surface area contributed by atoms with E-state index in [1.807, 2.05) is 55.4 Å². The minimum absolute atomic E-state index is 0.191. The van der Waals surface area contributed by atoms with Crippen LogP contribution in [0, 0.1) is 0 Å². The lowest BCUT2D eigenvalue weighted by molar-refractivity contribution is -0.123. The molecule has 0 aromatic heterocycles. The molecule has 4 aromatic rings. The Kier molecular flexibility index (Phi) is 13.2. The maximum Gasteiger partial charge on any atom is 0.251 e. The first kappa shape index (κ1) is 35.8. The Balaban J connectivity index is 1.28. The second-order valence-corrected chi connectivity index (χ2v) is 12.2. The highest BCUT2D eigenvalue weighted by molar-refractivity contribution is 7.27. The molecule has 0 spiro atoms. The van der Waals surface area contributed by atoms with Gasteiger partial charge in [0, 0.05) is 48.4 Å². The number of ether oxygens (including phenoxy) is 1. The maximum atomic E-state index is 13.2. The molecule has 48 heavy (non-hydrogen) atoms. The number of amides is 2. The SMILES string of the molecule is CCCCC[C@H](NC(=O)c1cccc(N)c1)C(=O)COc1ccc(CNC(=O)c2ccc(N=Nc3ccc(N(C)C)cc3)cc2)cc1P. The first-order chi connectivity index (χ1) is 23.1. The van der Waals surface area contributed by atoms with E-state index in [1.165, 1.54) is 0 Å². The van der Waals surface area contributed by atoms with Crippen molar-refractivity contribution in [3.8, 4) is 5.75 Å². The van der Waals surface area contributed by atoms with Gasteiger partial charge in [0.15, 0.2) is 5.78 Å². The number of nitrogens with two attached hydrogens (primary N) is 1. The van der Waals surface area contributed by atoms with Gasteiger partial charge in [0.05, 0.1) is 17.4 Å². The van der Waals surface area contributed by atoms with Crippen molar-refractivity contribution in [2.75, 3.05) is 31.3 Å². The fourth-order valence-corrected chi connectivity index (χ4v) is 5.21. The predicted octanol–water partition coefficient (Wildman–Crippen LogP) is 6.51. The summed E-state index contributed by atoms with van der Waals surface area (Å²) in [5.74, 6) is -0.256. The fraction of sp³-hybridized carbons (Fsp3) is 0.270. The average Bonchev–Trinajstić information content (AvgIpc) is 3.09. The average molecular weight is 667 g/mol. The maximum absolute atomic E-state index is 13.2. The molecule has 4 rings (SSSR count). The van der Waals surface area contributed by atoms with E-state index in [4.69, 9.17) is 10.5 Å². The number of nitrogen functional groups attached to an aromatic ring is 1. The Morgan fingerprint density at radius 3 is 2.17 bits per heavy atom. The molecule has 0 bridgehead atoms. The van der Waals surface area contributed by atoms with Gasteiger partial charge in [-0.15, -0.1) is 9.24 Å². The van der Waals surface area contributed by atoms with Gasteiger partial charge in [-0.05, 0) is 90.8 Å². The molecule has 0 heterocycles. The van der Waals surface area contributed by atoms with E-state index in [2.05, 4.69) is 37.0 Å². The highest BCUT2D eigenvalue weighted by Gasteiger charge is 2.22. The molecule has 1 unspecified atom stereocenters. The first-order valence-corrected chi connectivity index (χ1v) is 16.5. The van der Waals surface area contributed by atoms with E-state index in [1.54, 1.807) is 54.6 Å². The summed E-state index contributed by atoms with van der Waals surface area (Å²) in [7, 11) is 6.57. The molecule has 250 valence electrons. The van der Waals surface area contributed by atoms with Crippen molar-refractivity contribution in [1.29, 1.82) is 0 Å². The van der Waals surface area contributed by atoms with Gasteiger partial charge in [-0.1, -0.05) is 38.3 Å². The minimum Gasteiger partial charge on any atom is -0.485 e. The van der Waals surface area contributed by atoms with E-state index >= 15 is 0 Å². The molecular weight excluding hydrogens is 623 g/mol. The molecule has 4 aromatic carbocycles. The van der Waals surface area contributed by atoms with Crippen molar-refractivity contribution in [1.82, 2.24) is 10.6 Å². The number of ketones is 1. The van der Waals surface area contributed by atoms with Gasteiger partial charge in [-0.2, -0.15) is 10.2 Å². The van der Waals surface area contributed by atoms with E-state index in [0.717, 1.165) is 41.5 Å². The van der Waals surface area contributed by atoms with Crippen molar-refractivity contribution in [3.63, 3.8) is 0 Å². The van der Waals surface area contributed by atoms with Gasteiger partial charge in [-0.3, -0.25) is 14.4 Å². The number of Topliss-reactive ketones (excluding diaryl/α,β-unsaturated/α-hetero) is 1. The van der Waals surface area contributed by atoms with Crippen LogP contribution in [0.4, 0.5) is 22.7 Å². The lowest BCUT2D eigenvalue weighted by Crippen LogP contribution is -2.43. The number of unbranched alkanes of at least 4 members (excludes halogenated alkanes) is 2. The van der Waals surface area contributed by atoms with Crippen LogP contribution >= 0.6 is 9.24 Å². The quantitative estimate of drug-likeness (QED) is 0.0540. The summed E-state index contributed by atoms with van der Waals surface area (Å²) in [5.41, 5.74) is 10.5. The van der Waals surface area contributed by atoms with Crippen molar-refractivity contribution in [2.24, 2.45) is 10.2 Å². The summed E-state index contributed by atoms with van der Waals surface area (Å²) in [5, 5.41) is 15.1. The number of rotatable bonds is 16. The number of carbonyl (C=O) groups is 3. The number of benzene rings is 4. The van der Waals surface area contributed by atoms with Crippen LogP contribution < -0.4 is 31.3 Å². The number of nitrogens with one attached hydrogen (secondary N) is 2. The summed E-state index contributed by atoms with van der Waals surface area (Å²) in [6.07, 6.45) is 3.28. The van der Waals surface area contributed by atoms with Crippen LogP contribution in [-0.2, 0) is 11.3 Å². The van der Waals surface area contributed by atoms with Gasteiger partial charge in [0.2, 0.25) is 0 Å². The molecule has 0 aliphatic rings. The molecule has 4 N–H and O–H groups in total. The standard InChI is InChI=1S/C37H43N6O4P/c1-4-5-6-10-32(40-37(46)27-8-7-9-28(38)22-27)33(44)24-47-34-20-11-25(21-35(34)48)23-39-36(45)26-12-14-29(15-13-26)41-42-30-16-18-31(19-17-30)43(2)3/h7-9,11-22,32H,4-6,10,23-24,38,48H2,1-3H3,(H,39,45)(H,40,46)/t32-/m0/s1. The Morgan fingerprint density at radius 1 is 0.854 bits per heavy atom. The minimum atomic E-state index is -0.675. The van der Waals surface area contributed by atoms with Crippen molar-refractivity contribution in [2.45, 2.75) is 45.2 Å². The van der Waals surface area contributed by atoms with Gasteiger partial charge in [0.25, 0.3) is 11.8 Å². The number of hydrogen-bond donors (Lipinski definition) is 3. The molecular formula is C37H43N6O4P. The zero-order chi connectivity index (χ0) is 34.5. The van der Waals surface area contributed by atoms with Gasteiger partial charge in [-0.25, -0.2) is 0 Å². The van der Waals surface area contributed by atoms with Crippen LogP contribution in [0.3, 0.4) is 0 Å². The zero-order valence-electron chi connectivity index (χ0n) is 27.6. The summed E-state index contributed by atoms with van der Waals surface area (Å²) in [6, 6.07) is 26.1. The lowest BCUT2D eigenvalue weighted by Gasteiger charge is -2.19. The predicted molar refractivity (Wildman–Crippen MR) is 195 cm³/mol. The van der Waals surface area contributed by atoms with Gasteiger partial charge >= 0.3 is 0 Å². The van der Waals surface area contributed by atoms with E-state index in [0.29, 0.717) is 41.2 Å². The summed E-state index contributed by atoms with van der Waals surface area (Å²) >= 11 is 0. The molecule has 2 atom stereocenters. The monoisotopic (exact) mass is 666 g/mol. The zero-order valence-corrected chi connectivity index (χ0v) is 28.8. The number of nitrogens with zero attached hydrogens (tertiary/aromatic N) is 3. The number of hydrogen-bond acceptors (Lipinski definition) is 8. The topological polar surface area (TPSA) is 138 Å². The van der Waals surface area contributed by atoms with Crippen molar-refractivity contribution >= 4 is 54.9 Å². The van der Waals surface area contributed by atoms with E-state index in [9.17, 15) is 14.4 Å². The summed E-state index contributed by atoms with van der Waals surface area (Å²) in [4.78, 5) is 40.8. The van der Waals surface area contributed by atoms with Crippen LogP contribution in [0.15, 0.2) is 101 Å². The molecule has 0 aliphatic heterocycles. The van der Waals surface area contributed by atoms with E-state index < -0.39 is 6.04 Å². The van der Waals surface area contributed by atoms with Crippen LogP contribution in [0.25, 0.3) is 0 Å². The first-order valence-electron chi connectivity index (χ1n) is 15.9. The summed E-state index contributed by atoms with van der Waals surface area (Å²) in [6.45, 7) is 2.20. The second-order valence-electron chi connectivity index (χ2n) is 11.6. The largest absolute Gasteiger partial charge is 0.485 e. The highest BCUT2D eigenvalue weighted by atomic mass is 31.0. The Hall–Kier alpha value is -5.08. The highest BCUT2D eigenvalue weighted by Crippen LogP contribution is 2.22. The summed E-state index contributed by atoms with van der Waals surface area (Å²) < 4.78 is 5.87. The van der Waals surface area contributed by atoms with Crippen LogP contribution in [0.1, 0.15) is 58.9 Å². The van der Waals surface area contributed by atoms with Crippen LogP contribution in [0.2, 0.25) is 0 Å². The lowest BCUT2D eigenvalue weighted by atomic mass is 10.0. The third-order valence-electron chi connectivity index (χ3n) is 7.61. The third-order valence-corrected chi connectivity index (χ3v) is 8.06. The molecule has 0 fully saturated rings.